The number of aromatic nitrogens is 1. The van der Waals surface area contributed by atoms with Crippen LogP contribution in [-0.2, 0) is 24.3 Å². The van der Waals surface area contributed by atoms with E-state index >= 15 is 0 Å². The SMILES string of the molecule is CN1CCc2ccc(NC(=O)c3cccc(CNC(=O)C4CSC(c5cccnc5)=N4)c3)cc2C1. The highest BCUT2D eigenvalue weighted by Gasteiger charge is 2.25. The van der Waals surface area contributed by atoms with E-state index in [4.69, 9.17) is 0 Å². The van der Waals surface area contributed by atoms with Gasteiger partial charge in [0.15, 0.2) is 0 Å². The van der Waals surface area contributed by atoms with Gasteiger partial charge in [-0.15, -0.1) is 11.8 Å². The predicted octanol–water partition coefficient (Wildman–Crippen LogP) is 3.50. The summed E-state index contributed by atoms with van der Waals surface area (Å²) in [5.74, 6) is 0.320. The van der Waals surface area contributed by atoms with Gasteiger partial charge in [0.05, 0.1) is 0 Å². The number of thioether (sulfide) groups is 1. The number of carbonyl (C=O) groups is 2. The fraction of sp³-hybridized carbons (Fsp3) is 0.259. The molecule has 178 valence electrons. The van der Waals surface area contributed by atoms with Crippen molar-refractivity contribution in [2.45, 2.75) is 25.6 Å². The number of anilines is 1. The lowest BCUT2D eigenvalue weighted by atomic mass is 9.99. The minimum Gasteiger partial charge on any atom is -0.350 e. The number of benzene rings is 2. The Labute approximate surface area is 209 Å². The number of carbonyl (C=O) groups excluding carboxylic acids is 2. The first-order valence-corrected chi connectivity index (χ1v) is 12.6. The molecule has 0 saturated carbocycles. The molecule has 2 aliphatic rings. The van der Waals surface area contributed by atoms with E-state index in [9.17, 15) is 9.59 Å². The van der Waals surface area contributed by atoms with E-state index in [-0.39, 0.29) is 11.8 Å². The van der Waals surface area contributed by atoms with Crippen LogP contribution >= 0.6 is 11.8 Å². The Hall–Kier alpha value is -3.49. The van der Waals surface area contributed by atoms with E-state index in [0.717, 1.165) is 41.4 Å². The lowest BCUT2D eigenvalue weighted by molar-refractivity contribution is -0.121. The zero-order valence-corrected chi connectivity index (χ0v) is 20.3. The number of amides is 2. The number of likely N-dealkylation sites (N-methyl/N-ethyl adjacent to an activating group) is 1. The Morgan fingerprint density at radius 3 is 2.89 bits per heavy atom. The van der Waals surface area contributed by atoms with Gasteiger partial charge in [0.1, 0.15) is 11.1 Å². The molecule has 3 heterocycles. The highest BCUT2D eigenvalue weighted by Crippen LogP contribution is 2.24. The first kappa shape index (κ1) is 23.3. The number of aliphatic imine (C=N–C) groups is 1. The Kier molecular flexibility index (Phi) is 6.92. The molecule has 0 aliphatic carbocycles. The Bertz CT molecular complexity index is 1280. The molecule has 2 amide bonds. The van der Waals surface area contributed by atoms with E-state index in [0.29, 0.717) is 17.9 Å². The second-order valence-electron chi connectivity index (χ2n) is 8.85. The monoisotopic (exact) mass is 485 g/mol. The molecule has 0 bridgehead atoms. The third kappa shape index (κ3) is 5.61. The van der Waals surface area contributed by atoms with Crippen molar-refractivity contribution >= 4 is 34.3 Å². The minimum atomic E-state index is -0.426. The molecule has 1 unspecified atom stereocenters. The fourth-order valence-corrected chi connectivity index (χ4v) is 5.29. The van der Waals surface area contributed by atoms with Gasteiger partial charge in [-0.25, -0.2) is 0 Å². The van der Waals surface area contributed by atoms with Crippen LogP contribution in [0.2, 0.25) is 0 Å². The number of fused-ring (bicyclic) bond motifs is 1. The van der Waals surface area contributed by atoms with Crippen molar-refractivity contribution in [2.75, 3.05) is 24.7 Å². The van der Waals surface area contributed by atoms with Crippen molar-refractivity contribution in [1.82, 2.24) is 15.2 Å². The van der Waals surface area contributed by atoms with Crippen molar-refractivity contribution in [3.8, 4) is 0 Å². The average Bonchev–Trinajstić information content (AvgIpc) is 3.38. The highest BCUT2D eigenvalue weighted by atomic mass is 32.2. The molecule has 5 rings (SSSR count). The molecule has 1 atom stereocenters. The van der Waals surface area contributed by atoms with Gasteiger partial charge < -0.3 is 15.5 Å². The second-order valence-corrected chi connectivity index (χ2v) is 9.86. The number of hydrogen-bond donors (Lipinski definition) is 2. The summed E-state index contributed by atoms with van der Waals surface area (Å²) in [7, 11) is 2.11. The molecule has 2 aromatic carbocycles. The Morgan fingerprint density at radius 1 is 1.11 bits per heavy atom. The molecule has 35 heavy (non-hydrogen) atoms. The molecule has 0 fully saturated rings. The zero-order valence-electron chi connectivity index (χ0n) is 19.5. The summed E-state index contributed by atoms with van der Waals surface area (Å²) >= 11 is 1.56. The van der Waals surface area contributed by atoms with Crippen molar-refractivity contribution in [1.29, 1.82) is 0 Å². The first-order valence-electron chi connectivity index (χ1n) is 11.6. The molecule has 8 heteroatoms. The summed E-state index contributed by atoms with van der Waals surface area (Å²) in [4.78, 5) is 36.5. The Morgan fingerprint density at radius 2 is 2.03 bits per heavy atom. The maximum Gasteiger partial charge on any atom is 0.255 e. The lowest BCUT2D eigenvalue weighted by Gasteiger charge is -2.25. The summed E-state index contributed by atoms with van der Waals surface area (Å²) in [6.45, 7) is 2.28. The first-order chi connectivity index (χ1) is 17.0. The highest BCUT2D eigenvalue weighted by molar-refractivity contribution is 8.14. The van der Waals surface area contributed by atoms with Crippen molar-refractivity contribution in [3.63, 3.8) is 0 Å². The molecule has 2 aliphatic heterocycles. The topological polar surface area (TPSA) is 86.7 Å². The summed E-state index contributed by atoms with van der Waals surface area (Å²) in [6.07, 6.45) is 4.50. The summed E-state index contributed by atoms with van der Waals surface area (Å²) in [6, 6.07) is 16.8. The van der Waals surface area contributed by atoms with Crippen molar-refractivity contribution < 1.29 is 9.59 Å². The maximum atomic E-state index is 12.9. The summed E-state index contributed by atoms with van der Waals surface area (Å²) < 4.78 is 0. The Balaban J connectivity index is 1.19. The predicted molar refractivity (Wildman–Crippen MR) is 140 cm³/mol. The van der Waals surface area contributed by atoms with E-state index in [2.05, 4.69) is 44.7 Å². The third-order valence-corrected chi connectivity index (χ3v) is 7.28. The van der Waals surface area contributed by atoms with E-state index in [1.165, 1.54) is 11.1 Å². The summed E-state index contributed by atoms with van der Waals surface area (Å²) in [5, 5.41) is 6.80. The van der Waals surface area contributed by atoms with Crippen LogP contribution in [0.5, 0.6) is 0 Å². The van der Waals surface area contributed by atoms with Gasteiger partial charge in [0.2, 0.25) is 5.91 Å². The minimum absolute atomic E-state index is 0.120. The third-order valence-electron chi connectivity index (χ3n) is 6.19. The van der Waals surface area contributed by atoms with Crippen LogP contribution in [0.1, 0.15) is 32.6 Å². The van der Waals surface area contributed by atoms with E-state index < -0.39 is 6.04 Å². The number of hydrogen-bond acceptors (Lipinski definition) is 6. The zero-order chi connectivity index (χ0) is 24.2. The van der Waals surface area contributed by atoms with Gasteiger partial charge >= 0.3 is 0 Å². The number of rotatable bonds is 6. The van der Waals surface area contributed by atoms with Gasteiger partial charge in [-0.1, -0.05) is 18.2 Å². The molecule has 1 aromatic heterocycles. The van der Waals surface area contributed by atoms with Crippen molar-refractivity contribution in [2.24, 2.45) is 4.99 Å². The van der Waals surface area contributed by atoms with Gasteiger partial charge in [-0.05, 0) is 66.6 Å². The lowest BCUT2D eigenvalue weighted by Crippen LogP contribution is -2.33. The van der Waals surface area contributed by atoms with Crippen LogP contribution in [0, 0.1) is 0 Å². The van der Waals surface area contributed by atoms with Crippen LogP contribution in [0.25, 0.3) is 0 Å². The quantitative estimate of drug-likeness (QED) is 0.558. The van der Waals surface area contributed by atoms with Gasteiger partial charge in [-0.3, -0.25) is 19.6 Å². The normalized spacial score (nSPS) is 17.4. The summed E-state index contributed by atoms with van der Waals surface area (Å²) in [5.41, 5.74) is 5.74. The molecular formula is C27H27N5O2S. The van der Waals surface area contributed by atoms with Crippen LogP contribution < -0.4 is 10.6 Å². The van der Waals surface area contributed by atoms with E-state index in [1.807, 2.05) is 36.4 Å². The van der Waals surface area contributed by atoms with Gasteiger partial charge in [-0.2, -0.15) is 0 Å². The van der Waals surface area contributed by atoms with Crippen molar-refractivity contribution in [3.05, 3.63) is 94.8 Å². The maximum absolute atomic E-state index is 12.9. The van der Waals surface area contributed by atoms with Gasteiger partial charge in [0, 0.05) is 54.6 Å². The number of nitrogens with zero attached hydrogens (tertiary/aromatic N) is 3. The molecule has 0 spiro atoms. The standard InChI is InChI=1S/C27H27N5O2S/c1-32-11-9-19-7-8-23(13-22(19)16-32)30-25(33)20-5-2-4-18(12-20)14-29-26(34)24-17-35-27(31-24)21-6-3-10-28-15-21/h2-8,10,12-13,15,24H,9,11,14,16-17H2,1H3,(H,29,34)(H,30,33). The molecule has 2 N–H and O–H groups in total. The van der Waals surface area contributed by atoms with Crippen LogP contribution in [-0.4, -0.2) is 52.1 Å². The largest absolute Gasteiger partial charge is 0.350 e. The van der Waals surface area contributed by atoms with Crippen LogP contribution in [0.15, 0.2) is 72.0 Å². The molecule has 0 radical (unpaired) electrons. The smallest absolute Gasteiger partial charge is 0.255 e. The van der Waals surface area contributed by atoms with Gasteiger partial charge in [0.25, 0.3) is 5.91 Å². The van der Waals surface area contributed by atoms with Crippen LogP contribution in [0.3, 0.4) is 0 Å². The molecular weight excluding hydrogens is 458 g/mol. The molecule has 7 nitrogen and oxygen atoms in total. The average molecular weight is 486 g/mol. The second kappa shape index (κ2) is 10.4. The van der Waals surface area contributed by atoms with E-state index in [1.54, 1.807) is 30.2 Å². The number of pyridine rings is 1. The molecule has 3 aromatic rings. The number of nitrogens with one attached hydrogen (secondary N) is 2. The van der Waals surface area contributed by atoms with Crippen LogP contribution in [0.4, 0.5) is 5.69 Å². The fourth-order valence-electron chi connectivity index (χ4n) is 4.26. The molecule has 0 saturated heterocycles.